The van der Waals surface area contributed by atoms with Gasteiger partial charge in [-0.05, 0) is 48.9 Å². The Balaban J connectivity index is 1.62. The number of carbonyl (C=O) groups excluding carboxylic acids is 2. The van der Waals surface area contributed by atoms with Gasteiger partial charge in [-0.2, -0.15) is 0 Å². The maximum absolute atomic E-state index is 12.9. The second kappa shape index (κ2) is 10.1. The molecule has 2 aromatic rings. The number of nitrogens with zero attached hydrogens (tertiary/aromatic N) is 1. The fourth-order valence-corrected chi connectivity index (χ4v) is 3.69. The summed E-state index contributed by atoms with van der Waals surface area (Å²) >= 11 is 0. The van der Waals surface area contributed by atoms with Crippen molar-refractivity contribution < 1.29 is 9.59 Å². The van der Waals surface area contributed by atoms with Crippen LogP contribution in [0.3, 0.4) is 0 Å². The molecule has 0 radical (unpaired) electrons. The van der Waals surface area contributed by atoms with Gasteiger partial charge in [0, 0.05) is 24.5 Å². The van der Waals surface area contributed by atoms with Gasteiger partial charge < -0.3 is 15.5 Å². The molecule has 3 rings (SSSR count). The Hall–Kier alpha value is -2.82. The molecule has 0 aliphatic carbocycles. The molecule has 0 spiro atoms. The van der Waals surface area contributed by atoms with Gasteiger partial charge in [0.1, 0.15) is 6.04 Å². The van der Waals surface area contributed by atoms with Crippen molar-refractivity contribution in [3.8, 4) is 0 Å². The van der Waals surface area contributed by atoms with Crippen LogP contribution in [-0.4, -0.2) is 30.9 Å². The van der Waals surface area contributed by atoms with E-state index < -0.39 is 6.04 Å². The van der Waals surface area contributed by atoms with Crippen molar-refractivity contribution in [3.63, 3.8) is 0 Å². The van der Waals surface area contributed by atoms with E-state index in [0.29, 0.717) is 0 Å². The molecule has 29 heavy (non-hydrogen) atoms. The van der Waals surface area contributed by atoms with Gasteiger partial charge in [0.2, 0.25) is 11.8 Å². The number of anilines is 2. The summed E-state index contributed by atoms with van der Waals surface area (Å²) in [5, 5.41) is 5.89. The van der Waals surface area contributed by atoms with Crippen molar-refractivity contribution in [3.05, 3.63) is 60.2 Å². The lowest BCUT2D eigenvalue weighted by atomic mass is 10.0. The predicted molar refractivity (Wildman–Crippen MR) is 118 cm³/mol. The topological polar surface area (TPSA) is 61.4 Å². The summed E-state index contributed by atoms with van der Waals surface area (Å²) < 4.78 is 0. The Morgan fingerprint density at radius 3 is 2.38 bits per heavy atom. The summed E-state index contributed by atoms with van der Waals surface area (Å²) in [4.78, 5) is 27.7. The molecule has 2 N–H and O–H groups in total. The zero-order valence-corrected chi connectivity index (χ0v) is 17.4. The molecule has 1 unspecified atom stereocenters. The summed E-state index contributed by atoms with van der Waals surface area (Å²) in [5.41, 5.74) is 2.83. The van der Waals surface area contributed by atoms with Crippen LogP contribution < -0.4 is 15.5 Å². The monoisotopic (exact) mass is 393 g/mol. The molecule has 5 heteroatoms. The van der Waals surface area contributed by atoms with E-state index in [1.165, 1.54) is 19.3 Å². The van der Waals surface area contributed by atoms with E-state index in [0.717, 1.165) is 30.0 Å². The second-order valence-corrected chi connectivity index (χ2v) is 8.04. The normalized spacial score (nSPS) is 15.1. The van der Waals surface area contributed by atoms with E-state index >= 15 is 0 Å². The highest BCUT2D eigenvalue weighted by atomic mass is 16.2. The summed E-state index contributed by atoms with van der Waals surface area (Å²) in [5.74, 6) is -0.343. The summed E-state index contributed by atoms with van der Waals surface area (Å²) in [6.07, 6.45) is 3.96. The SMILES string of the molecule is CC(C)C(NC(=O)Cc1ccccc1)C(=O)Nc1cccc(N2CCCCC2)c1. The fourth-order valence-electron chi connectivity index (χ4n) is 3.69. The number of amides is 2. The van der Waals surface area contributed by atoms with Crippen molar-refractivity contribution in [1.29, 1.82) is 0 Å². The third-order valence-electron chi connectivity index (χ3n) is 5.31. The zero-order chi connectivity index (χ0) is 20.6. The lowest BCUT2D eigenvalue weighted by Crippen LogP contribution is -2.47. The van der Waals surface area contributed by atoms with Gasteiger partial charge in [0.15, 0.2) is 0 Å². The highest BCUT2D eigenvalue weighted by Crippen LogP contribution is 2.23. The fraction of sp³-hybridized carbons (Fsp3) is 0.417. The third-order valence-corrected chi connectivity index (χ3v) is 5.31. The van der Waals surface area contributed by atoms with Crippen LogP contribution in [0.2, 0.25) is 0 Å². The number of benzene rings is 2. The average molecular weight is 394 g/mol. The Kier molecular flexibility index (Phi) is 7.28. The number of hydrogen-bond acceptors (Lipinski definition) is 3. The van der Waals surface area contributed by atoms with E-state index in [1.807, 2.05) is 62.4 Å². The maximum atomic E-state index is 12.9. The molecule has 1 heterocycles. The molecule has 2 aromatic carbocycles. The first-order chi connectivity index (χ1) is 14.0. The molecule has 1 saturated heterocycles. The van der Waals surface area contributed by atoms with Crippen LogP contribution in [0, 0.1) is 5.92 Å². The van der Waals surface area contributed by atoms with Gasteiger partial charge in [-0.1, -0.05) is 50.2 Å². The molecule has 154 valence electrons. The van der Waals surface area contributed by atoms with E-state index in [1.54, 1.807) is 0 Å². The van der Waals surface area contributed by atoms with Crippen LogP contribution in [0.5, 0.6) is 0 Å². The van der Waals surface area contributed by atoms with Gasteiger partial charge in [-0.3, -0.25) is 9.59 Å². The van der Waals surface area contributed by atoms with Crippen LogP contribution in [0.4, 0.5) is 11.4 Å². The molecule has 1 atom stereocenters. The van der Waals surface area contributed by atoms with Gasteiger partial charge in [-0.15, -0.1) is 0 Å². The number of nitrogens with one attached hydrogen (secondary N) is 2. The van der Waals surface area contributed by atoms with Gasteiger partial charge >= 0.3 is 0 Å². The maximum Gasteiger partial charge on any atom is 0.247 e. The third kappa shape index (κ3) is 6.08. The van der Waals surface area contributed by atoms with Crippen molar-refractivity contribution in [2.75, 3.05) is 23.3 Å². The highest BCUT2D eigenvalue weighted by Gasteiger charge is 2.24. The van der Waals surface area contributed by atoms with Crippen molar-refractivity contribution >= 4 is 23.2 Å². The number of rotatable bonds is 7. The quantitative estimate of drug-likeness (QED) is 0.747. The molecule has 1 aliphatic rings. The van der Waals surface area contributed by atoms with Crippen molar-refractivity contribution in [1.82, 2.24) is 5.32 Å². The molecular formula is C24H31N3O2. The highest BCUT2D eigenvalue weighted by molar-refractivity contribution is 5.97. The van der Waals surface area contributed by atoms with Gasteiger partial charge in [-0.25, -0.2) is 0 Å². The molecule has 0 saturated carbocycles. The van der Waals surface area contributed by atoms with E-state index in [9.17, 15) is 9.59 Å². The lowest BCUT2D eigenvalue weighted by molar-refractivity contribution is -0.127. The zero-order valence-electron chi connectivity index (χ0n) is 17.4. The van der Waals surface area contributed by atoms with Crippen LogP contribution >= 0.6 is 0 Å². The predicted octanol–water partition coefficient (Wildman–Crippen LogP) is 4.00. The van der Waals surface area contributed by atoms with Crippen LogP contribution in [-0.2, 0) is 16.0 Å². The largest absolute Gasteiger partial charge is 0.371 e. The van der Waals surface area contributed by atoms with Gasteiger partial charge in [0.05, 0.1) is 6.42 Å². The molecule has 5 nitrogen and oxygen atoms in total. The summed E-state index contributed by atoms with van der Waals surface area (Å²) in [6.45, 7) is 6.00. The lowest BCUT2D eigenvalue weighted by Gasteiger charge is -2.29. The number of hydrogen-bond donors (Lipinski definition) is 2. The first-order valence-electron chi connectivity index (χ1n) is 10.5. The molecule has 0 bridgehead atoms. The first kappa shape index (κ1) is 20.9. The minimum absolute atomic E-state index is 0.0139. The minimum atomic E-state index is -0.579. The Bertz CT molecular complexity index is 814. The van der Waals surface area contributed by atoms with Crippen molar-refractivity contribution in [2.45, 2.75) is 45.6 Å². The van der Waals surface area contributed by atoms with Crippen LogP contribution in [0.1, 0.15) is 38.7 Å². The smallest absolute Gasteiger partial charge is 0.247 e. The second-order valence-electron chi connectivity index (χ2n) is 8.04. The molecular weight excluding hydrogens is 362 g/mol. The number of piperidine rings is 1. The molecule has 2 amide bonds. The molecule has 0 aromatic heterocycles. The van der Waals surface area contributed by atoms with Crippen LogP contribution in [0.15, 0.2) is 54.6 Å². The summed E-state index contributed by atoms with van der Waals surface area (Å²) in [7, 11) is 0. The first-order valence-corrected chi connectivity index (χ1v) is 10.5. The Labute approximate surface area is 173 Å². The van der Waals surface area contributed by atoms with Crippen LogP contribution in [0.25, 0.3) is 0 Å². The summed E-state index contributed by atoms with van der Waals surface area (Å²) in [6, 6.07) is 17.0. The van der Waals surface area contributed by atoms with Gasteiger partial charge in [0.25, 0.3) is 0 Å². The molecule has 1 fully saturated rings. The molecule has 1 aliphatic heterocycles. The van der Waals surface area contributed by atoms with E-state index in [4.69, 9.17) is 0 Å². The standard InChI is InChI=1S/C24H31N3O2/c1-18(2)23(26-22(28)16-19-10-5-3-6-11-19)24(29)25-20-12-9-13-21(17-20)27-14-7-4-8-15-27/h3,5-6,9-13,17-18,23H,4,7-8,14-16H2,1-2H3,(H,25,29)(H,26,28). The number of carbonyl (C=O) groups is 2. The van der Waals surface area contributed by atoms with E-state index in [2.05, 4.69) is 21.6 Å². The Morgan fingerprint density at radius 1 is 0.966 bits per heavy atom. The van der Waals surface area contributed by atoms with Crippen molar-refractivity contribution in [2.24, 2.45) is 5.92 Å². The van der Waals surface area contributed by atoms with E-state index in [-0.39, 0.29) is 24.2 Å². The minimum Gasteiger partial charge on any atom is -0.371 e. The Morgan fingerprint density at radius 2 is 1.69 bits per heavy atom. The average Bonchev–Trinajstić information content (AvgIpc) is 2.73.